The summed E-state index contributed by atoms with van der Waals surface area (Å²) in [4.78, 5) is 14.8. The Morgan fingerprint density at radius 2 is 1.88 bits per heavy atom. The molecule has 1 aliphatic heterocycles. The zero-order chi connectivity index (χ0) is 18.4. The molecule has 0 radical (unpaired) electrons. The fourth-order valence-electron chi connectivity index (χ4n) is 3.42. The van der Waals surface area contributed by atoms with Gasteiger partial charge in [-0.15, -0.1) is 0 Å². The van der Waals surface area contributed by atoms with Gasteiger partial charge in [0.2, 0.25) is 0 Å². The minimum absolute atomic E-state index is 0.173. The van der Waals surface area contributed by atoms with Crippen molar-refractivity contribution in [1.29, 1.82) is 0 Å². The number of hydrogen-bond donors (Lipinski definition) is 2. The van der Waals surface area contributed by atoms with Crippen LogP contribution in [0.1, 0.15) is 30.0 Å². The van der Waals surface area contributed by atoms with Gasteiger partial charge in [-0.2, -0.15) is 0 Å². The van der Waals surface area contributed by atoms with Crippen molar-refractivity contribution in [1.82, 2.24) is 10.2 Å². The van der Waals surface area contributed by atoms with Crippen molar-refractivity contribution in [3.63, 3.8) is 0 Å². The number of aryl methyl sites for hydroxylation is 1. The summed E-state index contributed by atoms with van der Waals surface area (Å²) in [5, 5.41) is 5.94. The molecule has 5 nitrogen and oxygen atoms in total. The van der Waals surface area contributed by atoms with Crippen molar-refractivity contribution in [2.75, 3.05) is 32.1 Å². The fraction of sp³-hybridized carbons (Fsp3) is 0.381. The van der Waals surface area contributed by atoms with Crippen molar-refractivity contribution >= 4 is 11.7 Å². The van der Waals surface area contributed by atoms with E-state index in [0.29, 0.717) is 6.54 Å². The minimum Gasteiger partial charge on any atom is -0.497 e. The third-order valence-electron chi connectivity index (χ3n) is 4.81. The maximum absolute atomic E-state index is 12.3. The van der Waals surface area contributed by atoms with Crippen molar-refractivity contribution < 1.29 is 9.53 Å². The zero-order valence-corrected chi connectivity index (χ0v) is 15.5. The number of nitrogens with zero attached hydrogens (tertiary/aromatic N) is 1. The van der Waals surface area contributed by atoms with Gasteiger partial charge < -0.3 is 15.4 Å². The molecular formula is C21H27N3O2. The largest absolute Gasteiger partial charge is 0.497 e. The molecule has 0 aromatic heterocycles. The van der Waals surface area contributed by atoms with Gasteiger partial charge in [0, 0.05) is 12.2 Å². The number of methoxy groups -OCH3 is 1. The second kappa shape index (κ2) is 8.72. The molecule has 1 fully saturated rings. The first kappa shape index (κ1) is 18.3. The maximum atomic E-state index is 12.3. The van der Waals surface area contributed by atoms with Crippen molar-refractivity contribution in [2.45, 2.75) is 25.8 Å². The van der Waals surface area contributed by atoms with Gasteiger partial charge in [-0.25, -0.2) is 4.79 Å². The topological polar surface area (TPSA) is 53.6 Å². The highest BCUT2D eigenvalue weighted by atomic mass is 16.5. The molecule has 2 N–H and O–H groups in total. The first-order chi connectivity index (χ1) is 12.7. The Bertz CT molecular complexity index is 724. The molecule has 138 valence electrons. The first-order valence-corrected chi connectivity index (χ1v) is 9.15. The molecular weight excluding hydrogens is 326 g/mol. The van der Waals surface area contributed by atoms with Crippen LogP contribution in [0.5, 0.6) is 5.75 Å². The van der Waals surface area contributed by atoms with E-state index >= 15 is 0 Å². The summed E-state index contributed by atoms with van der Waals surface area (Å²) in [7, 11) is 1.67. The Labute approximate surface area is 155 Å². The highest BCUT2D eigenvalue weighted by molar-refractivity contribution is 5.89. The Kier molecular flexibility index (Phi) is 6.12. The monoisotopic (exact) mass is 353 g/mol. The smallest absolute Gasteiger partial charge is 0.319 e. The van der Waals surface area contributed by atoms with E-state index in [9.17, 15) is 4.79 Å². The molecule has 5 heteroatoms. The van der Waals surface area contributed by atoms with E-state index in [1.807, 2.05) is 43.3 Å². The van der Waals surface area contributed by atoms with Gasteiger partial charge >= 0.3 is 6.03 Å². The van der Waals surface area contributed by atoms with Crippen LogP contribution < -0.4 is 15.4 Å². The van der Waals surface area contributed by atoms with E-state index in [2.05, 4.69) is 27.7 Å². The molecule has 1 heterocycles. The van der Waals surface area contributed by atoms with Crippen LogP contribution in [0.15, 0.2) is 48.5 Å². The number of nitrogens with one attached hydrogen (secondary N) is 2. The Balaban J connectivity index is 1.64. The maximum Gasteiger partial charge on any atom is 0.319 e. The summed E-state index contributed by atoms with van der Waals surface area (Å²) in [5.74, 6) is 0.846. The van der Waals surface area contributed by atoms with Crippen LogP contribution in [0.3, 0.4) is 0 Å². The molecule has 2 amide bonds. The predicted molar refractivity (Wildman–Crippen MR) is 105 cm³/mol. The molecule has 0 bridgehead atoms. The van der Waals surface area contributed by atoms with Gasteiger partial charge in [-0.3, -0.25) is 4.90 Å². The van der Waals surface area contributed by atoms with E-state index < -0.39 is 0 Å². The molecule has 3 rings (SSSR count). The van der Waals surface area contributed by atoms with Crippen LogP contribution in [0.25, 0.3) is 0 Å². The standard InChI is InChI=1S/C21H27N3O2/c1-16-6-5-7-18(14-16)23-21(25)22-15-20(24-12-3-4-13-24)17-8-10-19(26-2)11-9-17/h5-11,14,20H,3-4,12-13,15H2,1-2H3,(H2,22,23,25)/t20-/m0/s1. The molecule has 26 heavy (non-hydrogen) atoms. The molecule has 2 aromatic rings. The summed E-state index contributed by atoms with van der Waals surface area (Å²) in [6, 6.07) is 15.9. The number of urea groups is 1. The van der Waals surface area contributed by atoms with E-state index in [4.69, 9.17) is 4.74 Å². The SMILES string of the molecule is COc1ccc([C@H](CNC(=O)Nc2cccc(C)c2)N2CCCC2)cc1. The van der Waals surface area contributed by atoms with Crippen LogP contribution in [-0.2, 0) is 0 Å². The Morgan fingerprint density at radius 3 is 2.54 bits per heavy atom. The van der Waals surface area contributed by atoms with Crippen LogP contribution in [-0.4, -0.2) is 37.7 Å². The van der Waals surface area contributed by atoms with Gasteiger partial charge in [-0.05, 0) is 68.2 Å². The average molecular weight is 353 g/mol. The highest BCUT2D eigenvalue weighted by Gasteiger charge is 2.24. The lowest BCUT2D eigenvalue weighted by atomic mass is 10.1. The van der Waals surface area contributed by atoms with Crippen LogP contribution in [0.4, 0.5) is 10.5 Å². The van der Waals surface area contributed by atoms with Gasteiger partial charge in [0.25, 0.3) is 0 Å². The fourth-order valence-corrected chi connectivity index (χ4v) is 3.42. The zero-order valence-electron chi connectivity index (χ0n) is 15.5. The number of amides is 2. The lowest BCUT2D eigenvalue weighted by Gasteiger charge is -2.28. The number of anilines is 1. The van der Waals surface area contributed by atoms with Gasteiger partial charge in [-0.1, -0.05) is 24.3 Å². The van der Waals surface area contributed by atoms with E-state index in [1.54, 1.807) is 7.11 Å². The van der Waals surface area contributed by atoms with E-state index in [-0.39, 0.29) is 12.1 Å². The van der Waals surface area contributed by atoms with Crippen molar-refractivity contribution in [3.8, 4) is 5.75 Å². The third kappa shape index (κ3) is 4.76. The number of carbonyl (C=O) groups is 1. The molecule has 2 aromatic carbocycles. The lowest BCUT2D eigenvalue weighted by molar-refractivity contribution is 0.227. The number of likely N-dealkylation sites (tertiary alicyclic amines) is 1. The summed E-state index contributed by atoms with van der Waals surface area (Å²) in [6.45, 7) is 4.72. The predicted octanol–water partition coefficient (Wildman–Crippen LogP) is 3.96. The van der Waals surface area contributed by atoms with Crippen LogP contribution >= 0.6 is 0 Å². The molecule has 0 aliphatic carbocycles. The van der Waals surface area contributed by atoms with Crippen molar-refractivity contribution in [3.05, 3.63) is 59.7 Å². The molecule has 1 saturated heterocycles. The number of hydrogen-bond acceptors (Lipinski definition) is 3. The van der Waals surface area contributed by atoms with Crippen LogP contribution in [0.2, 0.25) is 0 Å². The number of rotatable bonds is 6. The number of benzene rings is 2. The molecule has 1 atom stereocenters. The lowest BCUT2D eigenvalue weighted by Crippen LogP contribution is -2.38. The quantitative estimate of drug-likeness (QED) is 0.826. The summed E-state index contributed by atoms with van der Waals surface area (Å²) < 4.78 is 5.26. The average Bonchev–Trinajstić information content (AvgIpc) is 3.17. The second-order valence-electron chi connectivity index (χ2n) is 6.74. The third-order valence-corrected chi connectivity index (χ3v) is 4.81. The second-order valence-corrected chi connectivity index (χ2v) is 6.74. The highest BCUT2D eigenvalue weighted by Crippen LogP contribution is 2.26. The van der Waals surface area contributed by atoms with Crippen molar-refractivity contribution in [2.24, 2.45) is 0 Å². The molecule has 0 spiro atoms. The van der Waals surface area contributed by atoms with E-state index in [1.165, 1.54) is 18.4 Å². The number of carbonyl (C=O) groups excluding carboxylic acids is 1. The van der Waals surface area contributed by atoms with Gasteiger partial charge in [0.1, 0.15) is 5.75 Å². The molecule has 0 unspecified atom stereocenters. The first-order valence-electron chi connectivity index (χ1n) is 9.15. The van der Waals surface area contributed by atoms with Gasteiger partial charge in [0.15, 0.2) is 0 Å². The summed E-state index contributed by atoms with van der Waals surface area (Å²) >= 11 is 0. The number of ether oxygens (including phenoxy) is 1. The van der Waals surface area contributed by atoms with Crippen LogP contribution in [0, 0.1) is 6.92 Å². The van der Waals surface area contributed by atoms with E-state index in [0.717, 1.165) is 30.1 Å². The summed E-state index contributed by atoms with van der Waals surface area (Å²) in [5.41, 5.74) is 3.13. The Morgan fingerprint density at radius 1 is 1.15 bits per heavy atom. The molecule has 1 aliphatic rings. The van der Waals surface area contributed by atoms with Gasteiger partial charge in [0.05, 0.1) is 13.2 Å². The normalized spacial score (nSPS) is 15.5. The molecule has 0 saturated carbocycles. The minimum atomic E-state index is -0.173. The Hall–Kier alpha value is -2.53. The summed E-state index contributed by atoms with van der Waals surface area (Å²) in [6.07, 6.45) is 2.42.